The van der Waals surface area contributed by atoms with Gasteiger partial charge in [-0.1, -0.05) is 13.8 Å². The smallest absolute Gasteiger partial charge is 0.208 e. The zero-order chi connectivity index (χ0) is 12.9. The van der Waals surface area contributed by atoms with Gasteiger partial charge in [0.1, 0.15) is 0 Å². The van der Waals surface area contributed by atoms with Gasteiger partial charge >= 0.3 is 0 Å². The first kappa shape index (κ1) is 14.9. The zero-order valence-corrected chi connectivity index (χ0v) is 11.9. The maximum atomic E-state index is 10.9. The molecule has 0 aromatic heterocycles. The third kappa shape index (κ3) is 5.81. The molecule has 0 aromatic carbocycles. The van der Waals surface area contributed by atoms with Crippen molar-refractivity contribution in [2.24, 2.45) is 5.41 Å². The molecule has 17 heavy (non-hydrogen) atoms. The number of piperidine rings is 1. The molecule has 6 heteroatoms. The first-order chi connectivity index (χ1) is 7.81. The predicted octanol–water partition coefficient (Wildman–Crippen LogP) is -0.0966. The Morgan fingerprint density at radius 2 is 2.06 bits per heavy atom. The average Bonchev–Trinajstić information content (AvgIpc) is 2.17. The lowest BCUT2D eigenvalue weighted by molar-refractivity contribution is 0.185. The van der Waals surface area contributed by atoms with Crippen molar-refractivity contribution in [1.29, 1.82) is 0 Å². The van der Waals surface area contributed by atoms with Crippen LogP contribution >= 0.6 is 0 Å². The number of sulfonamides is 1. The highest BCUT2D eigenvalue weighted by atomic mass is 32.2. The summed E-state index contributed by atoms with van der Waals surface area (Å²) in [6.45, 7) is 7.97. The minimum atomic E-state index is -3.04. The summed E-state index contributed by atoms with van der Waals surface area (Å²) in [7, 11) is -3.04. The first-order valence-corrected chi connectivity index (χ1v) is 8.09. The summed E-state index contributed by atoms with van der Waals surface area (Å²) in [6.07, 6.45) is 3.15. The lowest BCUT2D eigenvalue weighted by atomic mass is 9.80. The Bertz CT molecular complexity index is 328. The van der Waals surface area contributed by atoms with E-state index in [-0.39, 0.29) is 5.41 Å². The van der Waals surface area contributed by atoms with Gasteiger partial charge in [0.05, 0.1) is 6.26 Å². The Hall–Kier alpha value is -0.170. The van der Waals surface area contributed by atoms with Crippen molar-refractivity contribution in [2.75, 3.05) is 32.4 Å². The van der Waals surface area contributed by atoms with Crippen LogP contribution in [0.3, 0.4) is 0 Å². The Balaban J connectivity index is 2.18. The molecular weight excluding hydrogens is 238 g/mol. The molecule has 0 radical (unpaired) electrons. The molecule has 1 unspecified atom stereocenters. The minimum absolute atomic E-state index is 0.266. The number of nitrogens with one attached hydrogen (secondary N) is 3. The van der Waals surface area contributed by atoms with E-state index in [9.17, 15) is 8.42 Å². The van der Waals surface area contributed by atoms with Gasteiger partial charge in [0.25, 0.3) is 0 Å². The van der Waals surface area contributed by atoms with E-state index in [1.54, 1.807) is 0 Å². The molecule has 0 spiro atoms. The number of rotatable bonds is 6. The minimum Gasteiger partial charge on any atom is -0.316 e. The van der Waals surface area contributed by atoms with E-state index in [1.165, 1.54) is 6.26 Å². The molecule has 102 valence electrons. The Kier molecular flexibility index (Phi) is 5.37. The van der Waals surface area contributed by atoms with Crippen LogP contribution in [-0.2, 0) is 10.0 Å². The van der Waals surface area contributed by atoms with Gasteiger partial charge in [0, 0.05) is 19.1 Å². The highest BCUT2D eigenvalue weighted by Gasteiger charge is 2.31. The summed E-state index contributed by atoms with van der Waals surface area (Å²) in [5, 5.41) is 6.92. The molecular formula is C11H25N3O2S. The quantitative estimate of drug-likeness (QED) is 0.586. The molecule has 1 aliphatic rings. The van der Waals surface area contributed by atoms with E-state index in [1.807, 2.05) is 0 Å². The summed E-state index contributed by atoms with van der Waals surface area (Å²) >= 11 is 0. The van der Waals surface area contributed by atoms with Crippen molar-refractivity contribution in [1.82, 2.24) is 15.4 Å². The van der Waals surface area contributed by atoms with Crippen molar-refractivity contribution in [3.63, 3.8) is 0 Å². The molecule has 1 rings (SSSR count). The van der Waals surface area contributed by atoms with E-state index in [0.29, 0.717) is 12.6 Å². The molecule has 1 saturated heterocycles. The predicted molar refractivity (Wildman–Crippen MR) is 70.5 cm³/mol. The summed E-state index contributed by atoms with van der Waals surface area (Å²) in [5.74, 6) is 0. The third-order valence-corrected chi connectivity index (χ3v) is 3.97. The molecule has 1 atom stereocenters. The van der Waals surface area contributed by atoms with Crippen LogP contribution in [0, 0.1) is 5.41 Å². The van der Waals surface area contributed by atoms with E-state index < -0.39 is 10.0 Å². The average molecular weight is 263 g/mol. The normalized spacial score (nSPS) is 24.8. The number of hydrogen-bond acceptors (Lipinski definition) is 4. The van der Waals surface area contributed by atoms with Gasteiger partial charge in [0.15, 0.2) is 0 Å². The highest BCUT2D eigenvalue weighted by Crippen LogP contribution is 2.24. The maximum Gasteiger partial charge on any atom is 0.208 e. The van der Waals surface area contributed by atoms with Crippen molar-refractivity contribution in [3.8, 4) is 0 Å². The van der Waals surface area contributed by atoms with Gasteiger partial charge in [-0.25, -0.2) is 13.1 Å². The molecule has 3 N–H and O–H groups in total. The fraction of sp³-hybridized carbons (Fsp3) is 1.00. The standard InChI is InChI=1S/C11H25N3O2S/c1-11(2)9-12-8-5-10(11)13-6-4-7-14-17(3,15)16/h10,12-14H,4-9H2,1-3H3. The van der Waals surface area contributed by atoms with Gasteiger partial charge in [0.2, 0.25) is 10.0 Å². The molecule has 0 aromatic rings. The summed E-state index contributed by atoms with van der Waals surface area (Å²) in [4.78, 5) is 0. The monoisotopic (exact) mass is 263 g/mol. The van der Waals surface area contributed by atoms with E-state index in [0.717, 1.165) is 32.5 Å². The second-order valence-corrected chi connectivity index (χ2v) is 7.31. The largest absolute Gasteiger partial charge is 0.316 e. The van der Waals surface area contributed by atoms with Gasteiger partial charge in [-0.15, -0.1) is 0 Å². The molecule has 0 aliphatic carbocycles. The summed E-state index contributed by atoms with van der Waals surface area (Å²) < 4.78 is 24.2. The second-order valence-electron chi connectivity index (χ2n) is 5.48. The van der Waals surface area contributed by atoms with Crippen LogP contribution in [0.15, 0.2) is 0 Å². The van der Waals surface area contributed by atoms with Gasteiger partial charge in [-0.3, -0.25) is 0 Å². The van der Waals surface area contributed by atoms with E-state index in [2.05, 4.69) is 29.2 Å². The topological polar surface area (TPSA) is 70.2 Å². The highest BCUT2D eigenvalue weighted by molar-refractivity contribution is 7.88. The first-order valence-electron chi connectivity index (χ1n) is 6.20. The maximum absolute atomic E-state index is 10.9. The van der Waals surface area contributed by atoms with E-state index >= 15 is 0 Å². The van der Waals surface area contributed by atoms with Gasteiger partial charge in [-0.2, -0.15) is 0 Å². The van der Waals surface area contributed by atoms with Crippen molar-refractivity contribution < 1.29 is 8.42 Å². The van der Waals surface area contributed by atoms with Crippen LogP contribution in [0.1, 0.15) is 26.7 Å². The summed E-state index contributed by atoms with van der Waals surface area (Å²) in [5.41, 5.74) is 0.266. The van der Waals surface area contributed by atoms with Crippen LogP contribution in [0.25, 0.3) is 0 Å². The molecule has 1 heterocycles. The zero-order valence-electron chi connectivity index (χ0n) is 11.0. The van der Waals surface area contributed by atoms with E-state index in [4.69, 9.17) is 0 Å². The Morgan fingerprint density at radius 3 is 2.65 bits per heavy atom. The third-order valence-electron chi connectivity index (χ3n) is 3.24. The molecule has 1 aliphatic heterocycles. The second kappa shape index (κ2) is 6.13. The van der Waals surface area contributed by atoms with Crippen LogP contribution in [-0.4, -0.2) is 46.9 Å². The SMILES string of the molecule is CC1(C)CNCCC1NCCCNS(C)(=O)=O. The van der Waals surface area contributed by atoms with Crippen LogP contribution in [0.4, 0.5) is 0 Å². The van der Waals surface area contributed by atoms with Crippen molar-refractivity contribution in [2.45, 2.75) is 32.7 Å². The molecule has 5 nitrogen and oxygen atoms in total. The van der Waals surface area contributed by atoms with Gasteiger partial charge < -0.3 is 10.6 Å². The fourth-order valence-corrected chi connectivity index (χ4v) is 2.69. The van der Waals surface area contributed by atoms with Crippen LogP contribution in [0.2, 0.25) is 0 Å². The molecule has 0 bridgehead atoms. The van der Waals surface area contributed by atoms with Crippen LogP contribution < -0.4 is 15.4 Å². The fourth-order valence-electron chi connectivity index (χ4n) is 2.17. The Morgan fingerprint density at radius 1 is 1.35 bits per heavy atom. The van der Waals surface area contributed by atoms with Crippen molar-refractivity contribution in [3.05, 3.63) is 0 Å². The number of hydrogen-bond donors (Lipinski definition) is 3. The lowest BCUT2D eigenvalue weighted by Gasteiger charge is -2.39. The van der Waals surface area contributed by atoms with Crippen molar-refractivity contribution >= 4 is 10.0 Å². The van der Waals surface area contributed by atoms with Gasteiger partial charge in [-0.05, 0) is 31.3 Å². The summed E-state index contributed by atoms with van der Waals surface area (Å²) in [6, 6.07) is 0.516. The Labute approximate surface area is 105 Å². The lowest BCUT2D eigenvalue weighted by Crippen LogP contribution is -2.53. The molecule has 1 fully saturated rings. The van der Waals surface area contributed by atoms with Crippen LogP contribution in [0.5, 0.6) is 0 Å². The molecule has 0 saturated carbocycles. The molecule has 0 amide bonds.